The number of nitrogens with zero attached hydrogens (tertiary/aromatic N) is 1. The van der Waals surface area contributed by atoms with Crippen molar-refractivity contribution in [1.29, 1.82) is 0 Å². The van der Waals surface area contributed by atoms with E-state index in [0.717, 1.165) is 5.92 Å². The molecule has 1 saturated heterocycles. The Hall–Kier alpha value is -0.0400. The molecule has 90 valence electrons. The summed E-state index contributed by atoms with van der Waals surface area (Å²) in [6.07, 6.45) is 7.04. The van der Waals surface area contributed by atoms with Gasteiger partial charge in [-0.1, -0.05) is 27.7 Å². The van der Waals surface area contributed by atoms with Gasteiger partial charge in [0.1, 0.15) is 0 Å². The van der Waals surface area contributed by atoms with Gasteiger partial charge >= 0.3 is 0 Å². The highest BCUT2D eigenvalue weighted by atomic mass is 15.1. The van der Waals surface area contributed by atoms with Gasteiger partial charge in [0, 0.05) is 0 Å². The number of rotatable bonds is 4. The van der Waals surface area contributed by atoms with Crippen LogP contribution in [0.4, 0.5) is 0 Å². The van der Waals surface area contributed by atoms with Crippen molar-refractivity contribution in [3.63, 3.8) is 0 Å². The maximum Gasteiger partial charge on any atom is -0.00161 e. The average Bonchev–Trinajstić information content (AvgIpc) is 2.16. The summed E-state index contributed by atoms with van der Waals surface area (Å²) in [4.78, 5) is 2.63. The summed E-state index contributed by atoms with van der Waals surface area (Å²) >= 11 is 0. The monoisotopic (exact) mass is 211 g/mol. The molecule has 0 aromatic rings. The van der Waals surface area contributed by atoms with Gasteiger partial charge in [-0.05, 0) is 63.1 Å². The highest BCUT2D eigenvalue weighted by Crippen LogP contribution is 2.28. The first kappa shape index (κ1) is 13.0. The number of hydrogen-bond donors (Lipinski definition) is 0. The maximum atomic E-state index is 2.63. The maximum absolute atomic E-state index is 2.63. The molecule has 0 bridgehead atoms. The lowest BCUT2D eigenvalue weighted by atomic mass is 9.83. The first-order valence-corrected chi connectivity index (χ1v) is 6.73. The van der Waals surface area contributed by atoms with Crippen LogP contribution < -0.4 is 0 Å². The zero-order valence-corrected chi connectivity index (χ0v) is 11.2. The summed E-state index contributed by atoms with van der Waals surface area (Å²) in [5, 5.41) is 0. The van der Waals surface area contributed by atoms with E-state index in [1.54, 1.807) is 0 Å². The minimum atomic E-state index is 0.528. The Balaban J connectivity index is 2.15. The van der Waals surface area contributed by atoms with Crippen molar-refractivity contribution in [1.82, 2.24) is 4.90 Å². The molecule has 0 aliphatic carbocycles. The van der Waals surface area contributed by atoms with E-state index < -0.39 is 0 Å². The normalized spacial score (nSPS) is 20.8. The first-order chi connectivity index (χ1) is 7.01. The highest BCUT2D eigenvalue weighted by molar-refractivity contribution is 4.74. The average molecular weight is 211 g/mol. The van der Waals surface area contributed by atoms with Gasteiger partial charge in [-0.25, -0.2) is 0 Å². The number of likely N-dealkylation sites (tertiary alicyclic amines) is 1. The van der Waals surface area contributed by atoms with Crippen molar-refractivity contribution >= 4 is 0 Å². The zero-order chi connectivity index (χ0) is 11.3. The molecule has 1 fully saturated rings. The second kappa shape index (κ2) is 5.89. The fourth-order valence-electron chi connectivity index (χ4n) is 2.45. The molecule has 1 heterocycles. The van der Waals surface area contributed by atoms with Crippen LogP contribution in [0, 0.1) is 11.3 Å². The molecular formula is C14H29N. The van der Waals surface area contributed by atoms with Gasteiger partial charge in [-0.3, -0.25) is 0 Å². The Bertz CT molecular complexity index is 161. The van der Waals surface area contributed by atoms with Crippen molar-refractivity contribution < 1.29 is 0 Å². The van der Waals surface area contributed by atoms with Crippen LogP contribution in [0.2, 0.25) is 0 Å². The standard InChI is InChI=1S/C14H29N/c1-5-10-15-11-7-13(8-12-15)6-9-14(2,3)4/h13H,5-12H2,1-4H3. The van der Waals surface area contributed by atoms with Crippen LogP contribution in [0.5, 0.6) is 0 Å². The molecule has 1 rings (SSSR count). The quantitative estimate of drug-likeness (QED) is 0.681. The van der Waals surface area contributed by atoms with Crippen LogP contribution >= 0.6 is 0 Å². The Kier molecular flexibility index (Phi) is 5.11. The predicted octanol–water partition coefficient (Wildman–Crippen LogP) is 3.93. The summed E-state index contributed by atoms with van der Waals surface area (Å²) < 4.78 is 0. The molecule has 0 amide bonds. The van der Waals surface area contributed by atoms with Crippen LogP contribution in [0.25, 0.3) is 0 Å². The van der Waals surface area contributed by atoms with Gasteiger partial charge in [0.05, 0.1) is 0 Å². The van der Waals surface area contributed by atoms with Gasteiger partial charge in [0.15, 0.2) is 0 Å². The molecule has 1 aliphatic rings. The van der Waals surface area contributed by atoms with Gasteiger partial charge in [0.25, 0.3) is 0 Å². The van der Waals surface area contributed by atoms with Crippen molar-refractivity contribution in [2.45, 2.75) is 59.8 Å². The molecule has 0 unspecified atom stereocenters. The van der Waals surface area contributed by atoms with Crippen molar-refractivity contribution in [2.75, 3.05) is 19.6 Å². The third-order valence-corrected chi connectivity index (χ3v) is 3.55. The van der Waals surface area contributed by atoms with Gasteiger partial charge in [-0.2, -0.15) is 0 Å². The summed E-state index contributed by atoms with van der Waals surface area (Å²) in [6.45, 7) is 13.4. The largest absolute Gasteiger partial charge is 0.303 e. The number of piperidine rings is 1. The Morgan fingerprint density at radius 1 is 1.13 bits per heavy atom. The minimum absolute atomic E-state index is 0.528. The van der Waals surface area contributed by atoms with Crippen molar-refractivity contribution in [3.05, 3.63) is 0 Å². The van der Waals surface area contributed by atoms with E-state index in [1.165, 1.54) is 51.7 Å². The van der Waals surface area contributed by atoms with E-state index in [4.69, 9.17) is 0 Å². The van der Waals surface area contributed by atoms with Crippen LogP contribution in [0.1, 0.15) is 59.8 Å². The van der Waals surface area contributed by atoms with Gasteiger partial charge in [0.2, 0.25) is 0 Å². The van der Waals surface area contributed by atoms with E-state index in [-0.39, 0.29) is 0 Å². The lowest BCUT2D eigenvalue weighted by Crippen LogP contribution is -2.34. The van der Waals surface area contributed by atoms with Crippen molar-refractivity contribution in [3.8, 4) is 0 Å². The molecule has 1 heteroatoms. The molecule has 0 spiro atoms. The van der Waals surface area contributed by atoms with Crippen molar-refractivity contribution in [2.24, 2.45) is 11.3 Å². The molecule has 0 aromatic carbocycles. The topological polar surface area (TPSA) is 3.24 Å². The summed E-state index contributed by atoms with van der Waals surface area (Å²) in [6, 6.07) is 0. The summed E-state index contributed by atoms with van der Waals surface area (Å²) in [5.41, 5.74) is 0.528. The molecule has 0 N–H and O–H groups in total. The lowest BCUT2D eigenvalue weighted by Gasteiger charge is -2.33. The first-order valence-electron chi connectivity index (χ1n) is 6.73. The molecule has 0 atom stereocenters. The van der Waals surface area contributed by atoms with Gasteiger partial charge < -0.3 is 4.90 Å². The Labute approximate surface area is 96.2 Å². The summed E-state index contributed by atoms with van der Waals surface area (Å²) in [5.74, 6) is 1.01. The fraction of sp³-hybridized carbons (Fsp3) is 1.00. The molecule has 1 aliphatic heterocycles. The van der Waals surface area contributed by atoms with Crippen LogP contribution in [0.3, 0.4) is 0 Å². The van der Waals surface area contributed by atoms with Crippen LogP contribution in [0.15, 0.2) is 0 Å². The molecule has 0 saturated carbocycles. The summed E-state index contributed by atoms with van der Waals surface area (Å²) in [7, 11) is 0. The van der Waals surface area contributed by atoms with Crippen LogP contribution in [-0.2, 0) is 0 Å². The smallest absolute Gasteiger partial charge is 0.00161 e. The van der Waals surface area contributed by atoms with E-state index in [1.807, 2.05) is 0 Å². The van der Waals surface area contributed by atoms with E-state index in [2.05, 4.69) is 32.6 Å². The molecule has 1 nitrogen and oxygen atoms in total. The predicted molar refractivity (Wildman–Crippen MR) is 68.1 cm³/mol. The zero-order valence-electron chi connectivity index (χ0n) is 11.2. The number of hydrogen-bond acceptors (Lipinski definition) is 1. The molecule has 0 radical (unpaired) electrons. The lowest BCUT2D eigenvalue weighted by molar-refractivity contribution is 0.168. The minimum Gasteiger partial charge on any atom is -0.303 e. The third kappa shape index (κ3) is 5.55. The molecule has 0 aromatic heterocycles. The van der Waals surface area contributed by atoms with E-state index in [0.29, 0.717) is 5.41 Å². The Morgan fingerprint density at radius 3 is 2.20 bits per heavy atom. The molecule has 15 heavy (non-hydrogen) atoms. The third-order valence-electron chi connectivity index (χ3n) is 3.55. The van der Waals surface area contributed by atoms with Gasteiger partial charge in [-0.15, -0.1) is 0 Å². The Morgan fingerprint density at radius 2 is 1.73 bits per heavy atom. The van der Waals surface area contributed by atoms with Crippen LogP contribution in [-0.4, -0.2) is 24.5 Å². The molecular weight excluding hydrogens is 182 g/mol. The SMILES string of the molecule is CCCN1CCC(CCC(C)(C)C)CC1. The van der Waals surface area contributed by atoms with E-state index >= 15 is 0 Å². The fourth-order valence-corrected chi connectivity index (χ4v) is 2.45. The second-order valence-corrected chi connectivity index (χ2v) is 6.38. The highest BCUT2D eigenvalue weighted by Gasteiger charge is 2.20. The van der Waals surface area contributed by atoms with E-state index in [9.17, 15) is 0 Å². The second-order valence-electron chi connectivity index (χ2n) is 6.38.